The van der Waals surface area contributed by atoms with Gasteiger partial charge in [-0.3, -0.25) is 4.79 Å². The normalized spacial score (nSPS) is 13.0. The highest BCUT2D eigenvalue weighted by molar-refractivity contribution is 7.98. The summed E-state index contributed by atoms with van der Waals surface area (Å²) in [6.45, 7) is 1.26. The van der Waals surface area contributed by atoms with Crippen molar-refractivity contribution in [2.24, 2.45) is 0 Å². The number of nitrogens with one attached hydrogen (secondary N) is 1. The van der Waals surface area contributed by atoms with E-state index in [1.807, 2.05) is 48.5 Å². The van der Waals surface area contributed by atoms with E-state index in [0.29, 0.717) is 30.2 Å². The lowest BCUT2D eigenvalue weighted by Crippen LogP contribution is -2.13. The molecule has 0 aliphatic carbocycles. The average Bonchev–Trinajstić information content (AvgIpc) is 3.11. The van der Waals surface area contributed by atoms with Crippen LogP contribution in [0.15, 0.2) is 64.9 Å². The van der Waals surface area contributed by atoms with Crippen molar-refractivity contribution in [3.8, 4) is 11.5 Å². The van der Waals surface area contributed by atoms with Gasteiger partial charge in [0.15, 0.2) is 11.5 Å². The van der Waals surface area contributed by atoms with Gasteiger partial charge in [-0.25, -0.2) is 0 Å². The third-order valence-corrected chi connectivity index (χ3v) is 6.27. The van der Waals surface area contributed by atoms with Gasteiger partial charge >= 0.3 is 0 Å². The van der Waals surface area contributed by atoms with E-state index in [1.165, 1.54) is 4.88 Å². The van der Waals surface area contributed by atoms with Crippen LogP contribution in [0.1, 0.15) is 21.7 Å². The van der Waals surface area contributed by atoms with Crippen LogP contribution in [0, 0.1) is 0 Å². The highest BCUT2D eigenvalue weighted by atomic mass is 32.2. The Morgan fingerprint density at radius 2 is 1.89 bits per heavy atom. The van der Waals surface area contributed by atoms with E-state index in [0.717, 1.165) is 22.8 Å². The molecule has 2 heterocycles. The molecule has 1 N–H and O–H groups in total. The van der Waals surface area contributed by atoms with Crippen molar-refractivity contribution in [3.05, 3.63) is 70.4 Å². The first-order valence-electron chi connectivity index (χ1n) is 8.75. The lowest BCUT2D eigenvalue weighted by atomic mass is 10.2. The molecule has 138 valence electrons. The first-order chi connectivity index (χ1) is 13.3. The standard InChI is InChI=1S/C21H19NO3S2/c23-21(22-15-8-9-18-19(13-15)25-11-4-10-24-18)17-6-1-2-7-20(17)27-14-16-5-3-12-26-16/h1-3,5-9,12-13H,4,10-11,14H2,(H,22,23). The van der Waals surface area contributed by atoms with Crippen molar-refractivity contribution < 1.29 is 14.3 Å². The van der Waals surface area contributed by atoms with Crippen LogP contribution in [-0.4, -0.2) is 19.1 Å². The number of anilines is 1. The predicted molar refractivity (Wildman–Crippen MR) is 110 cm³/mol. The fourth-order valence-electron chi connectivity index (χ4n) is 2.76. The van der Waals surface area contributed by atoms with Gasteiger partial charge < -0.3 is 14.8 Å². The molecule has 3 aromatic rings. The number of thiophene rings is 1. The molecule has 1 aliphatic heterocycles. The maximum Gasteiger partial charge on any atom is 0.256 e. The number of ether oxygens (including phenoxy) is 2. The molecular formula is C21H19NO3S2. The van der Waals surface area contributed by atoms with E-state index in [2.05, 4.69) is 16.8 Å². The number of thioether (sulfide) groups is 1. The Bertz CT molecular complexity index is 925. The summed E-state index contributed by atoms with van der Waals surface area (Å²) in [5.74, 6) is 2.12. The molecule has 4 nitrogen and oxygen atoms in total. The Kier molecular flexibility index (Phi) is 5.65. The van der Waals surface area contributed by atoms with Gasteiger partial charge in [-0.05, 0) is 35.7 Å². The second-order valence-electron chi connectivity index (χ2n) is 6.03. The van der Waals surface area contributed by atoms with Crippen molar-refractivity contribution in [1.29, 1.82) is 0 Å². The van der Waals surface area contributed by atoms with Gasteiger partial charge in [0.25, 0.3) is 5.91 Å². The van der Waals surface area contributed by atoms with Gasteiger partial charge in [-0.2, -0.15) is 0 Å². The third-order valence-electron chi connectivity index (χ3n) is 4.09. The monoisotopic (exact) mass is 397 g/mol. The summed E-state index contributed by atoms with van der Waals surface area (Å²) in [6.07, 6.45) is 0.852. The molecule has 1 amide bonds. The van der Waals surface area contributed by atoms with Crippen LogP contribution in [0.4, 0.5) is 5.69 Å². The molecule has 0 atom stereocenters. The zero-order valence-electron chi connectivity index (χ0n) is 14.6. The molecule has 1 aromatic heterocycles. The molecule has 0 radical (unpaired) electrons. The van der Waals surface area contributed by atoms with E-state index in [1.54, 1.807) is 23.1 Å². The molecule has 0 saturated heterocycles. The van der Waals surface area contributed by atoms with Gasteiger partial charge in [-0.1, -0.05) is 18.2 Å². The van der Waals surface area contributed by atoms with Crippen LogP contribution in [0.2, 0.25) is 0 Å². The lowest BCUT2D eigenvalue weighted by Gasteiger charge is -2.12. The van der Waals surface area contributed by atoms with Crippen LogP contribution < -0.4 is 14.8 Å². The Hall–Kier alpha value is -2.44. The van der Waals surface area contributed by atoms with E-state index in [4.69, 9.17) is 9.47 Å². The summed E-state index contributed by atoms with van der Waals surface area (Å²) in [7, 11) is 0. The van der Waals surface area contributed by atoms with E-state index < -0.39 is 0 Å². The Labute approximate surface area is 166 Å². The van der Waals surface area contributed by atoms with Crippen LogP contribution in [0.5, 0.6) is 11.5 Å². The first-order valence-corrected chi connectivity index (χ1v) is 10.6. The first kappa shape index (κ1) is 17.9. The number of benzene rings is 2. The van der Waals surface area contributed by atoms with Crippen LogP contribution in [0.25, 0.3) is 0 Å². The smallest absolute Gasteiger partial charge is 0.256 e. The number of hydrogen-bond donors (Lipinski definition) is 1. The molecular weight excluding hydrogens is 378 g/mol. The summed E-state index contributed by atoms with van der Waals surface area (Å²) in [5, 5.41) is 5.05. The highest BCUT2D eigenvalue weighted by Crippen LogP contribution is 2.33. The van der Waals surface area contributed by atoms with E-state index >= 15 is 0 Å². The van der Waals surface area contributed by atoms with Gasteiger partial charge in [0, 0.05) is 33.7 Å². The molecule has 4 rings (SSSR count). The van der Waals surface area contributed by atoms with Gasteiger partial charge in [0.1, 0.15) is 0 Å². The minimum atomic E-state index is -0.126. The summed E-state index contributed by atoms with van der Waals surface area (Å²) in [5.41, 5.74) is 1.37. The predicted octanol–water partition coefficient (Wildman–Crippen LogP) is 5.45. The summed E-state index contributed by atoms with van der Waals surface area (Å²) in [4.78, 5) is 15.1. The summed E-state index contributed by atoms with van der Waals surface area (Å²) >= 11 is 3.40. The minimum Gasteiger partial charge on any atom is -0.490 e. The fourth-order valence-corrected chi connectivity index (χ4v) is 4.59. The van der Waals surface area contributed by atoms with E-state index in [9.17, 15) is 4.79 Å². The Morgan fingerprint density at radius 3 is 2.74 bits per heavy atom. The topological polar surface area (TPSA) is 47.6 Å². The third kappa shape index (κ3) is 4.46. The number of carbonyl (C=O) groups excluding carboxylic acids is 1. The van der Waals surface area contributed by atoms with Gasteiger partial charge in [0.05, 0.1) is 18.8 Å². The van der Waals surface area contributed by atoms with Crippen LogP contribution in [-0.2, 0) is 5.75 Å². The molecule has 0 unspecified atom stereocenters. The summed E-state index contributed by atoms with van der Waals surface area (Å²) in [6, 6.07) is 17.3. The van der Waals surface area contributed by atoms with Crippen LogP contribution in [0.3, 0.4) is 0 Å². The zero-order valence-corrected chi connectivity index (χ0v) is 16.3. The molecule has 2 aromatic carbocycles. The second-order valence-corrected chi connectivity index (χ2v) is 8.08. The molecule has 0 bridgehead atoms. The SMILES string of the molecule is O=C(Nc1ccc2c(c1)OCCCO2)c1ccccc1SCc1cccs1. The van der Waals surface area contributed by atoms with Crippen molar-refractivity contribution in [3.63, 3.8) is 0 Å². The fraction of sp³-hybridized carbons (Fsp3) is 0.190. The molecule has 6 heteroatoms. The lowest BCUT2D eigenvalue weighted by molar-refractivity contribution is 0.102. The molecule has 0 spiro atoms. The summed E-state index contributed by atoms with van der Waals surface area (Å²) < 4.78 is 11.3. The Balaban J connectivity index is 1.49. The molecule has 27 heavy (non-hydrogen) atoms. The van der Waals surface area contributed by atoms with Gasteiger partial charge in [-0.15, -0.1) is 23.1 Å². The van der Waals surface area contributed by atoms with E-state index in [-0.39, 0.29) is 5.91 Å². The Morgan fingerprint density at radius 1 is 1.04 bits per heavy atom. The number of fused-ring (bicyclic) bond motifs is 1. The van der Waals surface area contributed by atoms with Crippen molar-refractivity contribution in [2.45, 2.75) is 17.1 Å². The maximum absolute atomic E-state index is 12.8. The molecule has 0 saturated carbocycles. The number of carbonyl (C=O) groups is 1. The number of rotatable bonds is 5. The minimum absolute atomic E-state index is 0.126. The number of hydrogen-bond acceptors (Lipinski definition) is 5. The maximum atomic E-state index is 12.8. The number of amides is 1. The highest BCUT2D eigenvalue weighted by Gasteiger charge is 2.15. The van der Waals surface area contributed by atoms with Crippen molar-refractivity contribution in [1.82, 2.24) is 0 Å². The average molecular weight is 398 g/mol. The zero-order chi connectivity index (χ0) is 18.5. The van der Waals surface area contributed by atoms with Crippen LogP contribution >= 0.6 is 23.1 Å². The second kappa shape index (κ2) is 8.50. The quantitative estimate of drug-likeness (QED) is 0.581. The van der Waals surface area contributed by atoms with Crippen molar-refractivity contribution >= 4 is 34.7 Å². The van der Waals surface area contributed by atoms with Crippen molar-refractivity contribution in [2.75, 3.05) is 18.5 Å². The van der Waals surface area contributed by atoms with Gasteiger partial charge in [0.2, 0.25) is 0 Å². The molecule has 1 aliphatic rings. The largest absolute Gasteiger partial charge is 0.490 e. The molecule has 0 fully saturated rings.